The summed E-state index contributed by atoms with van der Waals surface area (Å²) in [5.74, 6) is 0.0168. The van der Waals surface area contributed by atoms with Crippen molar-refractivity contribution in [3.63, 3.8) is 0 Å². The molecule has 0 aliphatic carbocycles. The Morgan fingerprint density at radius 3 is 2.24 bits per heavy atom. The maximum absolute atomic E-state index is 11.7. The highest BCUT2D eigenvalue weighted by molar-refractivity contribution is 5.78. The molecule has 0 radical (unpaired) electrons. The Morgan fingerprint density at radius 1 is 1.18 bits per heavy atom. The van der Waals surface area contributed by atoms with Crippen molar-refractivity contribution >= 4 is 11.8 Å². The molecule has 0 atom stereocenters. The Hall–Kier alpha value is -1.10. The number of nitrogens with zero attached hydrogens (tertiary/aromatic N) is 1. The van der Waals surface area contributed by atoms with Crippen molar-refractivity contribution in [1.82, 2.24) is 15.5 Å². The van der Waals surface area contributed by atoms with Crippen molar-refractivity contribution in [1.29, 1.82) is 0 Å². The van der Waals surface area contributed by atoms with Gasteiger partial charge in [0.1, 0.15) is 0 Å². The molecule has 100 valence electrons. The van der Waals surface area contributed by atoms with Crippen molar-refractivity contribution in [2.75, 3.05) is 27.2 Å². The normalized spacial score (nSPS) is 11.1. The van der Waals surface area contributed by atoms with E-state index in [0.29, 0.717) is 25.9 Å². The van der Waals surface area contributed by atoms with Crippen molar-refractivity contribution in [3.05, 3.63) is 0 Å². The lowest BCUT2D eigenvalue weighted by Gasteiger charge is -2.22. The van der Waals surface area contributed by atoms with Gasteiger partial charge in [-0.2, -0.15) is 0 Å². The van der Waals surface area contributed by atoms with Crippen LogP contribution in [0, 0.1) is 0 Å². The van der Waals surface area contributed by atoms with Crippen LogP contribution in [0.15, 0.2) is 0 Å². The molecule has 5 nitrogen and oxygen atoms in total. The molecule has 0 aliphatic rings. The molecule has 0 fully saturated rings. The van der Waals surface area contributed by atoms with Crippen LogP contribution in [0.3, 0.4) is 0 Å². The van der Waals surface area contributed by atoms with Crippen molar-refractivity contribution < 1.29 is 9.59 Å². The first-order valence-electron chi connectivity index (χ1n) is 5.96. The van der Waals surface area contributed by atoms with E-state index in [1.165, 1.54) is 0 Å². The molecule has 0 saturated carbocycles. The minimum Gasteiger partial charge on any atom is -0.359 e. The van der Waals surface area contributed by atoms with Gasteiger partial charge in [-0.05, 0) is 20.8 Å². The second-order valence-electron chi connectivity index (χ2n) is 5.17. The van der Waals surface area contributed by atoms with Crippen LogP contribution in [-0.4, -0.2) is 49.4 Å². The van der Waals surface area contributed by atoms with Crippen molar-refractivity contribution in [2.45, 2.75) is 39.2 Å². The summed E-state index contributed by atoms with van der Waals surface area (Å²) in [6.07, 6.45) is 0.812. The SMILES string of the molecule is CNC(=O)CCN(C)C(=O)CCNC(C)(C)C. The summed E-state index contributed by atoms with van der Waals surface area (Å²) in [6, 6.07) is 0. The van der Waals surface area contributed by atoms with Gasteiger partial charge in [-0.1, -0.05) is 0 Å². The Bertz CT molecular complexity index is 259. The summed E-state index contributed by atoms with van der Waals surface area (Å²) >= 11 is 0. The Kier molecular flexibility index (Phi) is 6.80. The third kappa shape index (κ3) is 8.68. The molecule has 0 saturated heterocycles. The molecule has 5 heteroatoms. The number of hydrogen-bond acceptors (Lipinski definition) is 3. The Morgan fingerprint density at radius 2 is 1.76 bits per heavy atom. The van der Waals surface area contributed by atoms with E-state index >= 15 is 0 Å². The first-order chi connectivity index (χ1) is 7.76. The lowest BCUT2D eigenvalue weighted by atomic mass is 10.1. The molecule has 0 spiro atoms. The van der Waals surface area contributed by atoms with Crippen LogP contribution in [0.1, 0.15) is 33.6 Å². The standard InChI is InChI=1S/C12H25N3O2/c1-12(2,3)14-8-6-11(17)15(5)9-7-10(16)13-4/h14H,6-9H2,1-5H3,(H,13,16). The average Bonchev–Trinajstić information content (AvgIpc) is 2.23. The van der Waals surface area contributed by atoms with E-state index in [1.807, 2.05) is 0 Å². The zero-order valence-corrected chi connectivity index (χ0v) is 11.6. The van der Waals surface area contributed by atoms with Gasteiger partial charge in [-0.15, -0.1) is 0 Å². The van der Waals surface area contributed by atoms with Gasteiger partial charge in [0.2, 0.25) is 11.8 Å². The number of carbonyl (C=O) groups is 2. The fraction of sp³-hybridized carbons (Fsp3) is 0.833. The smallest absolute Gasteiger partial charge is 0.223 e. The van der Waals surface area contributed by atoms with Gasteiger partial charge < -0.3 is 15.5 Å². The highest BCUT2D eigenvalue weighted by Gasteiger charge is 2.12. The van der Waals surface area contributed by atoms with E-state index in [1.54, 1.807) is 19.0 Å². The average molecular weight is 243 g/mol. The molecule has 0 bridgehead atoms. The minimum atomic E-state index is -0.0440. The van der Waals surface area contributed by atoms with E-state index in [9.17, 15) is 9.59 Å². The molecular formula is C12H25N3O2. The summed E-state index contributed by atoms with van der Waals surface area (Å²) in [7, 11) is 3.32. The van der Waals surface area contributed by atoms with Crippen LogP contribution in [0.5, 0.6) is 0 Å². The van der Waals surface area contributed by atoms with Crippen molar-refractivity contribution in [2.24, 2.45) is 0 Å². The lowest BCUT2D eigenvalue weighted by molar-refractivity contribution is -0.130. The third-order valence-corrected chi connectivity index (χ3v) is 2.37. The number of amides is 2. The molecule has 0 aromatic heterocycles. The zero-order valence-electron chi connectivity index (χ0n) is 11.6. The summed E-state index contributed by atoms with van der Waals surface area (Å²) < 4.78 is 0. The van der Waals surface area contributed by atoms with Gasteiger partial charge in [0.15, 0.2) is 0 Å². The Labute approximate surface area is 104 Å². The lowest BCUT2D eigenvalue weighted by Crippen LogP contribution is -2.39. The molecule has 0 aromatic carbocycles. The third-order valence-electron chi connectivity index (χ3n) is 2.37. The quantitative estimate of drug-likeness (QED) is 0.708. The largest absolute Gasteiger partial charge is 0.359 e. The van der Waals surface area contributed by atoms with E-state index in [-0.39, 0.29) is 17.4 Å². The second kappa shape index (κ2) is 7.27. The van der Waals surface area contributed by atoms with Crippen LogP contribution in [-0.2, 0) is 9.59 Å². The predicted octanol–water partition coefficient (Wildman–Crippen LogP) is 0.359. The van der Waals surface area contributed by atoms with Gasteiger partial charge in [-0.25, -0.2) is 0 Å². The zero-order chi connectivity index (χ0) is 13.5. The predicted molar refractivity (Wildman–Crippen MR) is 68.7 cm³/mol. The molecule has 0 heterocycles. The first kappa shape index (κ1) is 15.9. The van der Waals surface area contributed by atoms with Crippen LogP contribution in [0.4, 0.5) is 0 Å². The van der Waals surface area contributed by atoms with Gasteiger partial charge in [-0.3, -0.25) is 9.59 Å². The van der Waals surface area contributed by atoms with E-state index < -0.39 is 0 Å². The molecular weight excluding hydrogens is 218 g/mol. The summed E-state index contributed by atoms with van der Waals surface area (Å²) in [5.41, 5.74) is 0.0287. The molecule has 0 aromatic rings. The molecule has 17 heavy (non-hydrogen) atoms. The summed E-state index contributed by atoms with van der Waals surface area (Å²) in [4.78, 5) is 24.3. The topological polar surface area (TPSA) is 61.4 Å². The van der Waals surface area contributed by atoms with Gasteiger partial charge in [0, 0.05) is 45.6 Å². The molecule has 0 rings (SSSR count). The van der Waals surface area contributed by atoms with E-state index in [4.69, 9.17) is 0 Å². The highest BCUT2D eigenvalue weighted by atomic mass is 16.2. The maximum Gasteiger partial charge on any atom is 0.223 e. The summed E-state index contributed by atoms with van der Waals surface area (Å²) in [5, 5.41) is 5.79. The van der Waals surface area contributed by atoms with Gasteiger partial charge >= 0.3 is 0 Å². The van der Waals surface area contributed by atoms with Crippen molar-refractivity contribution in [3.8, 4) is 0 Å². The van der Waals surface area contributed by atoms with Crippen LogP contribution in [0.25, 0.3) is 0 Å². The number of hydrogen-bond donors (Lipinski definition) is 2. The molecule has 2 N–H and O–H groups in total. The van der Waals surface area contributed by atoms with E-state index in [2.05, 4.69) is 31.4 Å². The van der Waals surface area contributed by atoms with Gasteiger partial charge in [0.05, 0.1) is 0 Å². The highest BCUT2D eigenvalue weighted by Crippen LogP contribution is 1.99. The number of carbonyl (C=O) groups excluding carboxylic acids is 2. The minimum absolute atomic E-state index is 0.0287. The Balaban J connectivity index is 3.79. The first-order valence-corrected chi connectivity index (χ1v) is 5.96. The maximum atomic E-state index is 11.7. The summed E-state index contributed by atoms with van der Waals surface area (Å²) in [6.45, 7) is 7.31. The molecule has 2 amide bonds. The number of nitrogens with one attached hydrogen (secondary N) is 2. The molecule has 0 unspecified atom stereocenters. The molecule has 0 aliphatic heterocycles. The monoisotopic (exact) mass is 243 g/mol. The van der Waals surface area contributed by atoms with Crippen LogP contribution >= 0.6 is 0 Å². The fourth-order valence-corrected chi connectivity index (χ4v) is 1.25. The van der Waals surface area contributed by atoms with Gasteiger partial charge in [0.25, 0.3) is 0 Å². The van der Waals surface area contributed by atoms with Crippen LogP contribution < -0.4 is 10.6 Å². The second-order valence-corrected chi connectivity index (χ2v) is 5.17. The van der Waals surface area contributed by atoms with Crippen LogP contribution in [0.2, 0.25) is 0 Å². The number of rotatable bonds is 6. The fourth-order valence-electron chi connectivity index (χ4n) is 1.25. The van der Waals surface area contributed by atoms with E-state index in [0.717, 1.165) is 0 Å².